The smallest absolute Gasteiger partial charge is 0.253 e. The van der Waals surface area contributed by atoms with Crippen molar-refractivity contribution in [3.8, 4) is 0 Å². The van der Waals surface area contributed by atoms with Gasteiger partial charge in [0.05, 0.1) is 5.56 Å². The van der Waals surface area contributed by atoms with Crippen molar-refractivity contribution in [2.24, 2.45) is 5.73 Å². The quantitative estimate of drug-likeness (QED) is 0.560. The normalized spacial score (nSPS) is 12.0. The Labute approximate surface area is 140 Å². The SMILES string of the molecule is C=CC[C@H](NC(=O)c1c2ccccc2cc2ccccc12)C(N)=O. The molecule has 120 valence electrons. The summed E-state index contributed by atoms with van der Waals surface area (Å²) in [7, 11) is 0. The van der Waals surface area contributed by atoms with Gasteiger partial charge in [0, 0.05) is 0 Å². The van der Waals surface area contributed by atoms with Gasteiger partial charge in [-0.25, -0.2) is 0 Å². The minimum Gasteiger partial charge on any atom is -0.368 e. The highest BCUT2D eigenvalue weighted by atomic mass is 16.2. The maximum Gasteiger partial charge on any atom is 0.253 e. The first-order chi connectivity index (χ1) is 11.6. The largest absolute Gasteiger partial charge is 0.368 e. The van der Waals surface area contributed by atoms with Gasteiger partial charge >= 0.3 is 0 Å². The maximum absolute atomic E-state index is 12.9. The van der Waals surface area contributed by atoms with Crippen molar-refractivity contribution in [2.45, 2.75) is 12.5 Å². The summed E-state index contributed by atoms with van der Waals surface area (Å²) in [5, 5.41) is 6.37. The van der Waals surface area contributed by atoms with E-state index in [9.17, 15) is 9.59 Å². The van der Waals surface area contributed by atoms with E-state index in [-0.39, 0.29) is 5.91 Å². The van der Waals surface area contributed by atoms with Crippen LogP contribution in [0.1, 0.15) is 16.8 Å². The molecule has 3 N–H and O–H groups in total. The van der Waals surface area contributed by atoms with Crippen LogP contribution in [0.2, 0.25) is 0 Å². The minimum atomic E-state index is -0.771. The molecule has 3 aromatic rings. The third kappa shape index (κ3) is 2.86. The molecular weight excluding hydrogens is 300 g/mol. The monoisotopic (exact) mass is 318 g/mol. The van der Waals surface area contributed by atoms with Gasteiger partial charge in [0.15, 0.2) is 0 Å². The number of amides is 2. The number of nitrogens with one attached hydrogen (secondary N) is 1. The first kappa shape index (κ1) is 15.7. The molecule has 0 saturated heterocycles. The molecule has 0 aliphatic carbocycles. The lowest BCUT2D eigenvalue weighted by molar-refractivity contribution is -0.119. The summed E-state index contributed by atoms with van der Waals surface area (Å²) in [6, 6.07) is 16.7. The minimum absolute atomic E-state index is 0.295. The Kier molecular flexibility index (Phi) is 4.29. The first-order valence-corrected chi connectivity index (χ1v) is 7.73. The van der Waals surface area contributed by atoms with E-state index in [0.717, 1.165) is 21.5 Å². The maximum atomic E-state index is 12.9. The third-order valence-corrected chi connectivity index (χ3v) is 4.05. The number of carbonyl (C=O) groups is 2. The summed E-state index contributed by atoms with van der Waals surface area (Å²) >= 11 is 0. The van der Waals surface area contributed by atoms with Crippen LogP contribution in [0.15, 0.2) is 67.3 Å². The zero-order chi connectivity index (χ0) is 17.1. The van der Waals surface area contributed by atoms with Crippen molar-refractivity contribution in [2.75, 3.05) is 0 Å². The van der Waals surface area contributed by atoms with Crippen LogP contribution in [-0.4, -0.2) is 17.9 Å². The molecule has 0 aliphatic heterocycles. The Bertz CT molecular complexity index is 893. The lowest BCUT2D eigenvalue weighted by Crippen LogP contribution is -2.44. The molecule has 1 atom stereocenters. The van der Waals surface area contributed by atoms with Crippen molar-refractivity contribution in [1.82, 2.24) is 5.32 Å². The fourth-order valence-corrected chi connectivity index (χ4v) is 2.90. The molecule has 0 fully saturated rings. The van der Waals surface area contributed by atoms with E-state index in [1.54, 1.807) is 6.08 Å². The molecule has 3 rings (SSSR count). The van der Waals surface area contributed by atoms with E-state index >= 15 is 0 Å². The molecule has 24 heavy (non-hydrogen) atoms. The number of fused-ring (bicyclic) bond motifs is 2. The van der Waals surface area contributed by atoms with Crippen LogP contribution in [0.5, 0.6) is 0 Å². The highest BCUT2D eigenvalue weighted by Gasteiger charge is 2.20. The average molecular weight is 318 g/mol. The molecule has 0 saturated carbocycles. The van der Waals surface area contributed by atoms with Crippen molar-refractivity contribution < 1.29 is 9.59 Å². The zero-order valence-corrected chi connectivity index (χ0v) is 13.2. The molecule has 0 aliphatic rings. The molecule has 0 bridgehead atoms. The number of primary amides is 1. The zero-order valence-electron chi connectivity index (χ0n) is 13.2. The Morgan fingerprint density at radius 1 is 1.04 bits per heavy atom. The molecule has 4 heteroatoms. The van der Waals surface area contributed by atoms with E-state index in [1.807, 2.05) is 48.5 Å². The van der Waals surface area contributed by atoms with E-state index in [1.165, 1.54) is 0 Å². The van der Waals surface area contributed by atoms with Crippen LogP contribution in [-0.2, 0) is 4.79 Å². The second kappa shape index (κ2) is 6.54. The Morgan fingerprint density at radius 2 is 1.58 bits per heavy atom. The number of rotatable bonds is 5. The molecule has 0 aromatic heterocycles. The van der Waals surface area contributed by atoms with Crippen LogP contribution in [0, 0.1) is 0 Å². The summed E-state index contributed by atoms with van der Waals surface area (Å²) in [6.07, 6.45) is 1.86. The van der Waals surface area contributed by atoms with Gasteiger partial charge < -0.3 is 11.1 Å². The van der Waals surface area contributed by atoms with Gasteiger partial charge in [-0.3, -0.25) is 9.59 Å². The molecule has 0 radical (unpaired) electrons. The molecular formula is C20H18N2O2. The second-order valence-corrected chi connectivity index (χ2v) is 5.65. The van der Waals surface area contributed by atoms with Crippen molar-refractivity contribution in [3.05, 3.63) is 72.8 Å². The van der Waals surface area contributed by atoms with Crippen molar-refractivity contribution in [3.63, 3.8) is 0 Å². The predicted octanol–water partition coefficient (Wildman–Crippen LogP) is 3.15. The van der Waals surface area contributed by atoms with Crippen LogP contribution >= 0.6 is 0 Å². The first-order valence-electron chi connectivity index (χ1n) is 7.73. The van der Waals surface area contributed by atoms with Crippen molar-refractivity contribution >= 4 is 33.4 Å². The lowest BCUT2D eigenvalue weighted by Gasteiger charge is -2.16. The van der Waals surface area contributed by atoms with Gasteiger partial charge in [0.1, 0.15) is 6.04 Å². The van der Waals surface area contributed by atoms with E-state index in [4.69, 9.17) is 5.73 Å². The van der Waals surface area contributed by atoms with Crippen LogP contribution in [0.25, 0.3) is 21.5 Å². The van der Waals surface area contributed by atoms with Gasteiger partial charge in [0.25, 0.3) is 5.91 Å². The third-order valence-electron chi connectivity index (χ3n) is 4.05. The van der Waals surface area contributed by atoms with Crippen molar-refractivity contribution in [1.29, 1.82) is 0 Å². The molecule has 0 heterocycles. The molecule has 3 aromatic carbocycles. The molecule has 4 nitrogen and oxygen atoms in total. The molecule has 2 amide bonds. The highest BCUT2D eigenvalue weighted by molar-refractivity contribution is 6.18. The fourth-order valence-electron chi connectivity index (χ4n) is 2.90. The molecule has 0 spiro atoms. The Hall–Kier alpha value is -3.14. The molecule has 0 unspecified atom stereocenters. The van der Waals surface area contributed by atoms with Gasteiger partial charge in [-0.1, -0.05) is 54.6 Å². The second-order valence-electron chi connectivity index (χ2n) is 5.65. The number of hydrogen-bond donors (Lipinski definition) is 2. The topological polar surface area (TPSA) is 72.2 Å². The van der Waals surface area contributed by atoms with Crippen LogP contribution in [0.3, 0.4) is 0 Å². The summed E-state index contributed by atoms with van der Waals surface area (Å²) in [5.74, 6) is -0.888. The summed E-state index contributed by atoms with van der Waals surface area (Å²) < 4.78 is 0. The van der Waals surface area contributed by atoms with Crippen LogP contribution in [0.4, 0.5) is 0 Å². The lowest BCUT2D eigenvalue weighted by atomic mass is 9.96. The average Bonchev–Trinajstić information content (AvgIpc) is 2.58. The van der Waals surface area contributed by atoms with E-state index < -0.39 is 11.9 Å². The summed E-state index contributed by atoms with van der Waals surface area (Å²) in [5.41, 5.74) is 5.93. The fraction of sp³-hybridized carbons (Fsp3) is 0.100. The Morgan fingerprint density at radius 3 is 2.08 bits per heavy atom. The van der Waals surface area contributed by atoms with Gasteiger partial charge in [-0.15, -0.1) is 6.58 Å². The summed E-state index contributed by atoms with van der Waals surface area (Å²) in [6.45, 7) is 3.60. The summed E-state index contributed by atoms with van der Waals surface area (Å²) in [4.78, 5) is 24.5. The van der Waals surface area contributed by atoms with Gasteiger partial charge in [0.2, 0.25) is 5.91 Å². The number of hydrogen-bond acceptors (Lipinski definition) is 2. The van der Waals surface area contributed by atoms with E-state index in [2.05, 4.69) is 18.0 Å². The van der Waals surface area contributed by atoms with E-state index in [0.29, 0.717) is 12.0 Å². The Balaban J connectivity index is 2.16. The number of carbonyl (C=O) groups excluding carboxylic acids is 2. The van der Waals surface area contributed by atoms with Gasteiger partial charge in [-0.05, 0) is 34.0 Å². The number of benzene rings is 3. The number of nitrogens with two attached hydrogens (primary N) is 1. The standard InChI is InChI=1S/C20H18N2O2/c1-2-7-17(19(21)23)22-20(24)18-15-10-5-3-8-13(15)12-14-9-4-6-11-16(14)18/h2-6,8-12,17H,1,7H2,(H2,21,23)(H,22,24)/t17-/m0/s1. The van der Waals surface area contributed by atoms with Gasteiger partial charge in [-0.2, -0.15) is 0 Å². The highest BCUT2D eigenvalue weighted by Crippen LogP contribution is 2.28. The van der Waals surface area contributed by atoms with Crippen LogP contribution < -0.4 is 11.1 Å². The predicted molar refractivity (Wildman–Crippen MR) is 96.7 cm³/mol.